The van der Waals surface area contributed by atoms with Crippen molar-refractivity contribution in [3.05, 3.63) is 30.1 Å². The molecular formula is C24H37N3O4. The Morgan fingerprint density at radius 1 is 1.19 bits per heavy atom. The average Bonchev–Trinajstić information content (AvgIpc) is 2.71. The van der Waals surface area contributed by atoms with E-state index in [2.05, 4.69) is 10.1 Å². The number of rotatable bonds is 10. The van der Waals surface area contributed by atoms with Crippen molar-refractivity contribution in [3.63, 3.8) is 0 Å². The number of esters is 1. The number of nitrogens with two attached hydrogens (primary N) is 1. The fourth-order valence-electron chi connectivity index (χ4n) is 3.94. The molecule has 0 aromatic carbocycles. The smallest absolute Gasteiger partial charge is 0.338 e. The summed E-state index contributed by atoms with van der Waals surface area (Å²) < 4.78 is 5.41. The summed E-state index contributed by atoms with van der Waals surface area (Å²) in [6.45, 7) is 5.43. The van der Waals surface area contributed by atoms with Crippen molar-refractivity contribution in [2.45, 2.75) is 90.6 Å². The van der Waals surface area contributed by atoms with Crippen LogP contribution in [0.3, 0.4) is 0 Å². The SMILES string of the molecule is CC(C)(C)OC(=O)CC(CCCC1CCCCC1)C(=O)O/N=C(\N)Cc1ccncc1. The van der Waals surface area contributed by atoms with Gasteiger partial charge in [-0.15, -0.1) is 0 Å². The molecule has 1 saturated carbocycles. The average molecular weight is 432 g/mol. The van der Waals surface area contributed by atoms with Crippen molar-refractivity contribution in [2.24, 2.45) is 22.7 Å². The van der Waals surface area contributed by atoms with Gasteiger partial charge < -0.3 is 15.3 Å². The van der Waals surface area contributed by atoms with Crippen LogP contribution in [0.25, 0.3) is 0 Å². The Balaban J connectivity index is 1.91. The Hall–Kier alpha value is -2.44. The molecule has 0 spiro atoms. The number of ether oxygens (including phenoxy) is 1. The van der Waals surface area contributed by atoms with Crippen LogP contribution in [-0.4, -0.2) is 28.4 Å². The molecular weight excluding hydrogens is 394 g/mol. The molecule has 1 atom stereocenters. The highest BCUT2D eigenvalue weighted by Crippen LogP contribution is 2.29. The second-order valence-electron chi connectivity index (χ2n) is 9.45. The van der Waals surface area contributed by atoms with Crippen LogP contribution < -0.4 is 5.73 Å². The predicted molar refractivity (Wildman–Crippen MR) is 120 cm³/mol. The third kappa shape index (κ3) is 10.4. The number of hydrogen-bond donors (Lipinski definition) is 1. The fourth-order valence-corrected chi connectivity index (χ4v) is 3.94. The Labute approximate surface area is 185 Å². The van der Waals surface area contributed by atoms with Crippen molar-refractivity contribution in [3.8, 4) is 0 Å². The molecule has 7 nitrogen and oxygen atoms in total. The van der Waals surface area contributed by atoms with E-state index in [4.69, 9.17) is 15.3 Å². The third-order valence-electron chi connectivity index (χ3n) is 5.44. The summed E-state index contributed by atoms with van der Waals surface area (Å²) in [5, 5.41) is 3.79. The summed E-state index contributed by atoms with van der Waals surface area (Å²) in [5.41, 5.74) is 6.22. The van der Waals surface area contributed by atoms with E-state index in [1.54, 1.807) is 12.4 Å². The van der Waals surface area contributed by atoms with Gasteiger partial charge >= 0.3 is 11.9 Å². The first kappa shape index (κ1) is 24.8. The zero-order valence-electron chi connectivity index (χ0n) is 19.1. The third-order valence-corrected chi connectivity index (χ3v) is 5.44. The van der Waals surface area contributed by atoms with Crippen molar-refractivity contribution in [2.75, 3.05) is 0 Å². The highest BCUT2D eigenvalue weighted by atomic mass is 16.7. The normalized spacial score (nSPS) is 16.5. The number of aromatic nitrogens is 1. The van der Waals surface area contributed by atoms with Crippen LogP contribution in [0.5, 0.6) is 0 Å². The topological polar surface area (TPSA) is 104 Å². The molecule has 172 valence electrons. The number of hydrogen-bond acceptors (Lipinski definition) is 6. The Kier molecular flexibility index (Phi) is 9.95. The van der Waals surface area contributed by atoms with Crippen LogP contribution in [0, 0.1) is 11.8 Å². The van der Waals surface area contributed by atoms with E-state index in [0.29, 0.717) is 12.8 Å². The molecule has 1 heterocycles. The highest BCUT2D eigenvalue weighted by molar-refractivity contribution is 5.84. The molecule has 1 aliphatic rings. The van der Waals surface area contributed by atoms with E-state index >= 15 is 0 Å². The van der Waals surface area contributed by atoms with Crippen LogP contribution in [-0.2, 0) is 25.6 Å². The number of oxime groups is 1. The van der Waals surface area contributed by atoms with E-state index in [1.807, 2.05) is 32.9 Å². The predicted octanol–water partition coefficient (Wildman–Crippen LogP) is 4.54. The number of carbonyl (C=O) groups is 2. The molecule has 1 fully saturated rings. The number of carbonyl (C=O) groups excluding carboxylic acids is 2. The summed E-state index contributed by atoms with van der Waals surface area (Å²) >= 11 is 0. The van der Waals surface area contributed by atoms with Gasteiger partial charge in [0.2, 0.25) is 0 Å². The van der Waals surface area contributed by atoms with E-state index in [0.717, 1.165) is 24.3 Å². The van der Waals surface area contributed by atoms with Gasteiger partial charge in [-0.05, 0) is 50.8 Å². The van der Waals surface area contributed by atoms with E-state index in [-0.39, 0.29) is 12.3 Å². The van der Waals surface area contributed by atoms with Gasteiger partial charge in [-0.1, -0.05) is 50.1 Å². The molecule has 2 N–H and O–H groups in total. The van der Waals surface area contributed by atoms with E-state index < -0.39 is 23.5 Å². The number of pyridine rings is 1. The van der Waals surface area contributed by atoms with Crippen LogP contribution in [0.1, 0.15) is 84.1 Å². The first-order chi connectivity index (χ1) is 14.7. The second kappa shape index (κ2) is 12.4. The molecule has 2 rings (SSSR count). The maximum Gasteiger partial charge on any atom is 0.338 e. The molecule has 0 saturated heterocycles. The maximum absolute atomic E-state index is 12.7. The lowest BCUT2D eigenvalue weighted by Gasteiger charge is -2.23. The van der Waals surface area contributed by atoms with Gasteiger partial charge in [0.05, 0.1) is 12.3 Å². The van der Waals surface area contributed by atoms with Gasteiger partial charge in [0.1, 0.15) is 11.4 Å². The van der Waals surface area contributed by atoms with Crippen molar-refractivity contribution in [1.29, 1.82) is 0 Å². The van der Waals surface area contributed by atoms with Gasteiger partial charge in [0, 0.05) is 18.8 Å². The summed E-state index contributed by atoms with van der Waals surface area (Å²) in [6.07, 6.45) is 12.6. The molecule has 0 radical (unpaired) electrons. The molecule has 31 heavy (non-hydrogen) atoms. The monoisotopic (exact) mass is 431 g/mol. The van der Waals surface area contributed by atoms with Gasteiger partial charge in [-0.2, -0.15) is 0 Å². The lowest BCUT2D eigenvalue weighted by molar-refractivity contribution is -0.161. The molecule has 0 bridgehead atoms. The van der Waals surface area contributed by atoms with E-state index in [1.165, 1.54) is 32.1 Å². The van der Waals surface area contributed by atoms with Crippen molar-refractivity contribution >= 4 is 17.8 Å². The van der Waals surface area contributed by atoms with Gasteiger partial charge in [-0.3, -0.25) is 9.78 Å². The molecule has 1 unspecified atom stereocenters. The first-order valence-corrected chi connectivity index (χ1v) is 11.4. The van der Waals surface area contributed by atoms with Gasteiger partial charge in [-0.25, -0.2) is 4.79 Å². The van der Waals surface area contributed by atoms with Gasteiger partial charge in [0.25, 0.3) is 0 Å². The van der Waals surface area contributed by atoms with Gasteiger partial charge in [0.15, 0.2) is 0 Å². The minimum Gasteiger partial charge on any atom is -0.460 e. The highest BCUT2D eigenvalue weighted by Gasteiger charge is 2.27. The maximum atomic E-state index is 12.7. The zero-order chi connectivity index (χ0) is 22.7. The minimum absolute atomic E-state index is 0.0133. The second-order valence-corrected chi connectivity index (χ2v) is 9.45. The first-order valence-electron chi connectivity index (χ1n) is 11.4. The molecule has 7 heteroatoms. The Morgan fingerprint density at radius 3 is 2.52 bits per heavy atom. The standard InChI is InChI=1S/C24H37N3O4/c1-24(2,3)30-22(28)17-20(11-7-10-18-8-5-4-6-9-18)23(29)31-27-21(25)16-19-12-14-26-15-13-19/h12-15,18,20H,4-11,16-17H2,1-3H3,(H2,25,27). The van der Waals surface area contributed by atoms with Crippen LogP contribution >= 0.6 is 0 Å². The lowest BCUT2D eigenvalue weighted by Crippen LogP contribution is -2.28. The van der Waals surface area contributed by atoms with Crippen molar-refractivity contribution < 1.29 is 19.2 Å². The zero-order valence-corrected chi connectivity index (χ0v) is 19.1. The van der Waals surface area contributed by atoms with Crippen LogP contribution in [0.2, 0.25) is 0 Å². The van der Waals surface area contributed by atoms with E-state index in [9.17, 15) is 9.59 Å². The summed E-state index contributed by atoms with van der Waals surface area (Å²) in [4.78, 5) is 34.1. The summed E-state index contributed by atoms with van der Waals surface area (Å²) in [5.74, 6) is -0.609. The van der Waals surface area contributed by atoms with Crippen molar-refractivity contribution in [1.82, 2.24) is 4.98 Å². The largest absolute Gasteiger partial charge is 0.460 e. The summed E-state index contributed by atoms with van der Waals surface area (Å²) in [7, 11) is 0. The molecule has 1 aromatic rings. The molecule has 1 aliphatic carbocycles. The van der Waals surface area contributed by atoms with Crippen LogP contribution in [0.4, 0.5) is 0 Å². The summed E-state index contributed by atoms with van der Waals surface area (Å²) in [6, 6.07) is 3.64. The quantitative estimate of drug-likeness (QED) is 0.192. The fraction of sp³-hybridized carbons (Fsp3) is 0.667. The molecule has 0 aliphatic heterocycles. The number of amidine groups is 1. The Morgan fingerprint density at radius 2 is 1.87 bits per heavy atom. The molecule has 1 aromatic heterocycles. The number of nitrogens with zero attached hydrogens (tertiary/aromatic N) is 2. The van der Waals surface area contributed by atoms with Crippen LogP contribution in [0.15, 0.2) is 29.7 Å². The minimum atomic E-state index is -0.596. The molecule has 0 amide bonds. The Bertz CT molecular complexity index is 722. The lowest BCUT2D eigenvalue weighted by atomic mass is 9.84.